The Balaban J connectivity index is 1.51. The summed E-state index contributed by atoms with van der Waals surface area (Å²) in [5, 5.41) is 6.43. The number of benzene rings is 2. The molecule has 0 spiro atoms. The summed E-state index contributed by atoms with van der Waals surface area (Å²) in [6.45, 7) is 4.85. The molecule has 0 fully saturated rings. The molecule has 1 aromatic heterocycles. The fraction of sp³-hybridized carbons (Fsp3) is 0.217. The van der Waals surface area contributed by atoms with E-state index in [-0.39, 0.29) is 11.9 Å². The Morgan fingerprint density at radius 1 is 0.926 bits per heavy atom. The van der Waals surface area contributed by atoms with Crippen LogP contribution in [0.3, 0.4) is 0 Å². The van der Waals surface area contributed by atoms with Gasteiger partial charge in [-0.15, -0.1) is 0 Å². The lowest BCUT2D eigenvalue weighted by Gasteiger charge is -2.14. The summed E-state index contributed by atoms with van der Waals surface area (Å²) >= 11 is 0. The SMILES string of the molecule is Cc1ccc(CNc2ccc(C(=O)N[C@@H](C)Cc3ccncc3)cc2)cc1. The molecule has 3 aromatic rings. The van der Waals surface area contributed by atoms with E-state index in [0.717, 1.165) is 24.2 Å². The van der Waals surface area contributed by atoms with E-state index in [0.29, 0.717) is 5.56 Å². The first kappa shape index (κ1) is 18.6. The van der Waals surface area contributed by atoms with Gasteiger partial charge in [0.1, 0.15) is 0 Å². The van der Waals surface area contributed by atoms with Crippen LogP contribution in [0.1, 0.15) is 34.0 Å². The lowest BCUT2D eigenvalue weighted by atomic mass is 10.1. The van der Waals surface area contributed by atoms with Gasteiger partial charge in [-0.1, -0.05) is 29.8 Å². The maximum Gasteiger partial charge on any atom is 0.251 e. The molecule has 1 heterocycles. The lowest BCUT2D eigenvalue weighted by Crippen LogP contribution is -2.34. The van der Waals surface area contributed by atoms with Gasteiger partial charge in [0.25, 0.3) is 5.91 Å². The van der Waals surface area contributed by atoms with Gasteiger partial charge in [-0.05, 0) is 67.8 Å². The zero-order valence-electron chi connectivity index (χ0n) is 15.8. The molecule has 1 amide bonds. The van der Waals surface area contributed by atoms with E-state index in [4.69, 9.17) is 0 Å². The fourth-order valence-corrected chi connectivity index (χ4v) is 2.88. The number of carbonyl (C=O) groups is 1. The number of rotatable bonds is 7. The van der Waals surface area contributed by atoms with Crippen molar-refractivity contribution in [2.24, 2.45) is 0 Å². The molecule has 2 N–H and O–H groups in total. The van der Waals surface area contributed by atoms with Crippen LogP contribution in [0.15, 0.2) is 73.1 Å². The second-order valence-electron chi connectivity index (χ2n) is 6.85. The first-order chi connectivity index (χ1) is 13.1. The van der Waals surface area contributed by atoms with Crippen molar-refractivity contribution in [3.8, 4) is 0 Å². The molecule has 27 heavy (non-hydrogen) atoms. The van der Waals surface area contributed by atoms with Crippen LogP contribution in [0, 0.1) is 6.92 Å². The van der Waals surface area contributed by atoms with Crippen LogP contribution < -0.4 is 10.6 Å². The maximum absolute atomic E-state index is 12.4. The van der Waals surface area contributed by atoms with Gasteiger partial charge in [0.15, 0.2) is 0 Å². The van der Waals surface area contributed by atoms with Crippen molar-refractivity contribution >= 4 is 11.6 Å². The molecule has 138 valence electrons. The normalized spacial score (nSPS) is 11.6. The van der Waals surface area contributed by atoms with Crippen LogP contribution in [0.4, 0.5) is 5.69 Å². The van der Waals surface area contributed by atoms with Crippen molar-refractivity contribution in [1.82, 2.24) is 10.3 Å². The summed E-state index contributed by atoms with van der Waals surface area (Å²) in [4.78, 5) is 16.4. The van der Waals surface area contributed by atoms with Gasteiger partial charge in [0.2, 0.25) is 0 Å². The number of carbonyl (C=O) groups excluding carboxylic acids is 1. The van der Waals surface area contributed by atoms with Gasteiger partial charge in [0.05, 0.1) is 0 Å². The number of hydrogen-bond donors (Lipinski definition) is 2. The van der Waals surface area contributed by atoms with Gasteiger partial charge >= 0.3 is 0 Å². The van der Waals surface area contributed by atoms with Crippen LogP contribution in [-0.4, -0.2) is 16.9 Å². The summed E-state index contributed by atoms with van der Waals surface area (Å²) < 4.78 is 0. The summed E-state index contributed by atoms with van der Waals surface area (Å²) in [5.74, 6) is -0.0540. The van der Waals surface area contributed by atoms with Crippen molar-refractivity contribution in [2.45, 2.75) is 32.9 Å². The van der Waals surface area contributed by atoms with E-state index in [1.165, 1.54) is 11.1 Å². The Labute approximate surface area is 160 Å². The second kappa shape index (κ2) is 8.99. The number of anilines is 1. The van der Waals surface area contributed by atoms with Crippen molar-refractivity contribution in [1.29, 1.82) is 0 Å². The van der Waals surface area contributed by atoms with Crippen LogP contribution in [0.5, 0.6) is 0 Å². The average molecular weight is 359 g/mol. The lowest BCUT2D eigenvalue weighted by molar-refractivity contribution is 0.0940. The minimum atomic E-state index is -0.0540. The smallest absolute Gasteiger partial charge is 0.251 e. The Kier molecular flexibility index (Phi) is 6.21. The van der Waals surface area contributed by atoms with Gasteiger partial charge in [-0.2, -0.15) is 0 Å². The Morgan fingerprint density at radius 3 is 2.26 bits per heavy atom. The average Bonchev–Trinajstić information content (AvgIpc) is 2.68. The van der Waals surface area contributed by atoms with Crippen LogP contribution in [0.2, 0.25) is 0 Å². The van der Waals surface area contributed by atoms with E-state index >= 15 is 0 Å². The Morgan fingerprint density at radius 2 is 1.59 bits per heavy atom. The third kappa shape index (κ3) is 5.68. The molecule has 4 nitrogen and oxygen atoms in total. The van der Waals surface area contributed by atoms with Crippen molar-refractivity contribution in [3.63, 3.8) is 0 Å². The molecule has 0 aliphatic heterocycles. The number of pyridine rings is 1. The van der Waals surface area contributed by atoms with E-state index in [2.05, 4.69) is 46.8 Å². The van der Waals surface area contributed by atoms with Gasteiger partial charge < -0.3 is 10.6 Å². The highest BCUT2D eigenvalue weighted by Crippen LogP contribution is 2.12. The number of nitrogens with zero attached hydrogens (tertiary/aromatic N) is 1. The number of amides is 1. The zero-order valence-corrected chi connectivity index (χ0v) is 15.8. The molecule has 2 aromatic carbocycles. The first-order valence-corrected chi connectivity index (χ1v) is 9.19. The molecule has 0 aliphatic rings. The highest BCUT2D eigenvalue weighted by molar-refractivity contribution is 5.94. The quantitative estimate of drug-likeness (QED) is 0.659. The van der Waals surface area contributed by atoms with E-state index in [1.54, 1.807) is 12.4 Å². The molecule has 1 atom stereocenters. The summed E-state index contributed by atoms with van der Waals surface area (Å²) in [6.07, 6.45) is 4.32. The van der Waals surface area contributed by atoms with Gasteiger partial charge in [-0.3, -0.25) is 9.78 Å². The van der Waals surface area contributed by atoms with Crippen molar-refractivity contribution in [2.75, 3.05) is 5.32 Å². The third-order valence-electron chi connectivity index (χ3n) is 4.43. The van der Waals surface area contributed by atoms with Crippen LogP contribution >= 0.6 is 0 Å². The molecule has 0 radical (unpaired) electrons. The van der Waals surface area contributed by atoms with Crippen LogP contribution in [-0.2, 0) is 13.0 Å². The minimum Gasteiger partial charge on any atom is -0.381 e. The number of aromatic nitrogens is 1. The molecule has 4 heteroatoms. The second-order valence-corrected chi connectivity index (χ2v) is 6.85. The van der Waals surface area contributed by atoms with Crippen molar-refractivity contribution < 1.29 is 4.79 Å². The molecule has 0 saturated heterocycles. The topological polar surface area (TPSA) is 54.0 Å². The fourth-order valence-electron chi connectivity index (χ4n) is 2.88. The Bertz CT molecular complexity index is 858. The summed E-state index contributed by atoms with van der Waals surface area (Å²) in [5.41, 5.74) is 5.31. The minimum absolute atomic E-state index is 0.0540. The molecular formula is C23H25N3O. The third-order valence-corrected chi connectivity index (χ3v) is 4.43. The molecular weight excluding hydrogens is 334 g/mol. The van der Waals surface area contributed by atoms with Gasteiger partial charge in [0, 0.05) is 36.2 Å². The number of aryl methyl sites for hydroxylation is 1. The van der Waals surface area contributed by atoms with Crippen LogP contribution in [0.25, 0.3) is 0 Å². The molecule has 0 aliphatic carbocycles. The summed E-state index contributed by atoms with van der Waals surface area (Å²) in [7, 11) is 0. The predicted octanol–water partition coefficient (Wildman–Crippen LogP) is 4.36. The number of hydrogen-bond acceptors (Lipinski definition) is 3. The summed E-state index contributed by atoms with van der Waals surface area (Å²) in [6, 6.07) is 20.0. The molecule has 0 saturated carbocycles. The van der Waals surface area contributed by atoms with E-state index < -0.39 is 0 Å². The first-order valence-electron chi connectivity index (χ1n) is 9.19. The predicted molar refractivity (Wildman–Crippen MR) is 110 cm³/mol. The standard InChI is InChI=1S/C23H25N3O/c1-17-3-5-20(6-4-17)16-25-22-9-7-21(8-10-22)23(27)26-18(2)15-19-11-13-24-14-12-19/h3-14,18,25H,15-16H2,1-2H3,(H,26,27)/t18-/m0/s1. The largest absolute Gasteiger partial charge is 0.381 e. The maximum atomic E-state index is 12.4. The van der Waals surface area contributed by atoms with Gasteiger partial charge in [-0.25, -0.2) is 0 Å². The highest BCUT2D eigenvalue weighted by Gasteiger charge is 2.10. The molecule has 0 unspecified atom stereocenters. The number of nitrogens with one attached hydrogen (secondary N) is 2. The van der Waals surface area contributed by atoms with E-state index in [1.807, 2.05) is 43.3 Å². The molecule has 3 rings (SSSR count). The molecule has 0 bridgehead atoms. The van der Waals surface area contributed by atoms with Crippen molar-refractivity contribution in [3.05, 3.63) is 95.3 Å². The highest BCUT2D eigenvalue weighted by atomic mass is 16.1. The zero-order chi connectivity index (χ0) is 19.1. The van der Waals surface area contributed by atoms with E-state index in [9.17, 15) is 4.79 Å². The monoisotopic (exact) mass is 359 g/mol. The Hall–Kier alpha value is -3.14.